The van der Waals surface area contributed by atoms with Crippen molar-refractivity contribution in [1.29, 1.82) is 0 Å². The number of anilines is 1. The third-order valence-electron chi connectivity index (χ3n) is 2.86. The standard InChI is InChI=1S/C15H23N3O3/c1-2-3-11(16)10-15(20)18-12-4-6-13(7-5-12)21-9-8-14(17)19/h4-7,11H,2-3,8-10,16H2,1H3,(H2,17,19)(H,18,20). The van der Waals surface area contributed by atoms with Crippen LogP contribution >= 0.6 is 0 Å². The molecule has 1 aromatic rings. The van der Waals surface area contributed by atoms with Gasteiger partial charge in [0.2, 0.25) is 11.8 Å². The number of primary amides is 1. The van der Waals surface area contributed by atoms with Gasteiger partial charge in [-0.25, -0.2) is 0 Å². The maximum absolute atomic E-state index is 11.8. The first-order chi connectivity index (χ1) is 10.0. The second-order valence-corrected chi connectivity index (χ2v) is 4.89. The van der Waals surface area contributed by atoms with Gasteiger partial charge in [-0.2, -0.15) is 0 Å². The first kappa shape index (κ1) is 17.0. The number of nitrogens with two attached hydrogens (primary N) is 2. The second kappa shape index (κ2) is 8.97. The first-order valence-corrected chi connectivity index (χ1v) is 7.08. The number of carbonyl (C=O) groups excluding carboxylic acids is 2. The van der Waals surface area contributed by atoms with E-state index in [-0.39, 0.29) is 25.0 Å². The van der Waals surface area contributed by atoms with E-state index in [4.69, 9.17) is 16.2 Å². The normalized spacial score (nSPS) is 11.7. The number of rotatable bonds is 9. The van der Waals surface area contributed by atoms with Crippen LogP contribution in [0.3, 0.4) is 0 Å². The lowest BCUT2D eigenvalue weighted by Crippen LogP contribution is -2.26. The van der Waals surface area contributed by atoms with Gasteiger partial charge in [0.15, 0.2) is 0 Å². The molecule has 0 aliphatic rings. The number of hydrogen-bond donors (Lipinski definition) is 3. The molecule has 0 saturated carbocycles. The summed E-state index contributed by atoms with van der Waals surface area (Å²) in [7, 11) is 0. The van der Waals surface area contributed by atoms with Gasteiger partial charge in [0.25, 0.3) is 0 Å². The van der Waals surface area contributed by atoms with E-state index in [1.807, 2.05) is 6.92 Å². The number of carbonyl (C=O) groups is 2. The molecule has 0 aromatic heterocycles. The fourth-order valence-electron chi connectivity index (χ4n) is 1.83. The molecule has 1 atom stereocenters. The molecule has 2 amide bonds. The summed E-state index contributed by atoms with van der Waals surface area (Å²) in [6.07, 6.45) is 2.28. The van der Waals surface area contributed by atoms with Crippen molar-refractivity contribution < 1.29 is 14.3 Å². The van der Waals surface area contributed by atoms with E-state index in [9.17, 15) is 9.59 Å². The van der Waals surface area contributed by atoms with Gasteiger partial charge in [0, 0.05) is 18.2 Å². The second-order valence-electron chi connectivity index (χ2n) is 4.89. The highest BCUT2D eigenvalue weighted by atomic mass is 16.5. The maximum atomic E-state index is 11.8. The van der Waals surface area contributed by atoms with Crippen LogP contribution in [0.1, 0.15) is 32.6 Å². The van der Waals surface area contributed by atoms with Crippen molar-refractivity contribution in [3.8, 4) is 5.75 Å². The van der Waals surface area contributed by atoms with Gasteiger partial charge >= 0.3 is 0 Å². The van der Waals surface area contributed by atoms with Crippen molar-refractivity contribution in [2.75, 3.05) is 11.9 Å². The van der Waals surface area contributed by atoms with E-state index in [1.54, 1.807) is 24.3 Å². The lowest BCUT2D eigenvalue weighted by Gasteiger charge is -2.11. The topological polar surface area (TPSA) is 107 Å². The first-order valence-electron chi connectivity index (χ1n) is 7.08. The van der Waals surface area contributed by atoms with E-state index in [1.165, 1.54) is 0 Å². The highest BCUT2D eigenvalue weighted by Crippen LogP contribution is 2.16. The number of ether oxygens (including phenoxy) is 1. The van der Waals surface area contributed by atoms with E-state index >= 15 is 0 Å². The molecule has 116 valence electrons. The predicted molar refractivity (Wildman–Crippen MR) is 81.9 cm³/mol. The predicted octanol–water partition coefficient (Wildman–Crippen LogP) is 1.40. The molecule has 0 fully saturated rings. The highest BCUT2D eigenvalue weighted by molar-refractivity contribution is 5.91. The molecule has 1 unspecified atom stereocenters. The molecule has 0 saturated heterocycles. The average Bonchev–Trinajstić information content (AvgIpc) is 2.40. The van der Waals surface area contributed by atoms with Crippen molar-refractivity contribution >= 4 is 17.5 Å². The molecule has 1 aromatic carbocycles. The Morgan fingerprint density at radius 3 is 2.52 bits per heavy atom. The van der Waals surface area contributed by atoms with Crippen molar-refractivity contribution in [2.24, 2.45) is 11.5 Å². The highest BCUT2D eigenvalue weighted by Gasteiger charge is 2.08. The molecule has 6 heteroatoms. The summed E-state index contributed by atoms with van der Waals surface area (Å²) < 4.78 is 5.34. The lowest BCUT2D eigenvalue weighted by molar-refractivity contribution is -0.118. The Hall–Kier alpha value is -2.08. The molecular formula is C15H23N3O3. The third kappa shape index (κ3) is 7.31. The zero-order valence-corrected chi connectivity index (χ0v) is 12.3. The Balaban J connectivity index is 2.39. The van der Waals surface area contributed by atoms with E-state index < -0.39 is 5.91 Å². The van der Waals surface area contributed by atoms with Crippen molar-refractivity contribution in [1.82, 2.24) is 0 Å². The minimum absolute atomic E-state index is 0.0988. The molecule has 0 bridgehead atoms. The van der Waals surface area contributed by atoms with Crippen LogP contribution in [0.2, 0.25) is 0 Å². The number of benzene rings is 1. The SMILES string of the molecule is CCCC(N)CC(=O)Nc1ccc(OCCC(N)=O)cc1. The Morgan fingerprint density at radius 1 is 1.29 bits per heavy atom. The maximum Gasteiger partial charge on any atom is 0.225 e. The van der Waals surface area contributed by atoms with Crippen LogP contribution in [-0.2, 0) is 9.59 Å². The molecule has 0 heterocycles. The molecule has 0 aliphatic carbocycles. The van der Waals surface area contributed by atoms with Crippen LogP contribution in [0.15, 0.2) is 24.3 Å². The zero-order valence-electron chi connectivity index (χ0n) is 12.3. The summed E-state index contributed by atoms with van der Waals surface area (Å²) in [4.78, 5) is 22.3. The summed E-state index contributed by atoms with van der Waals surface area (Å²) in [5, 5.41) is 2.78. The summed E-state index contributed by atoms with van der Waals surface area (Å²) >= 11 is 0. The third-order valence-corrected chi connectivity index (χ3v) is 2.86. The summed E-state index contributed by atoms with van der Waals surface area (Å²) in [6, 6.07) is 6.82. The van der Waals surface area contributed by atoms with E-state index in [0.717, 1.165) is 12.8 Å². The fraction of sp³-hybridized carbons (Fsp3) is 0.467. The molecule has 1 rings (SSSR count). The van der Waals surface area contributed by atoms with Gasteiger partial charge in [-0.05, 0) is 30.7 Å². The molecule has 0 spiro atoms. The van der Waals surface area contributed by atoms with Crippen LogP contribution in [-0.4, -0.2) is 24.5 Å². The van der Waals surface area contributed by atoms with Crippen molar-refractivity contribution in [3.05, 3.63) is 24.3 Å². The summed E-state index contributed by atoms with van der Waals surface area (Å²) in [5.41, 5.74) is 11.5. The van der Waals surface area contributed by atoms with Crippen LogP contribution in [0, 0.1) is 0 Å². The zero-order chi connectivity index (χ0) is 15.7. The minimum Gasteiger partial charge on any atom is -0.493 e. The fourth-order valence-corrected chi connectivity index (χ4v) is 1.83. The van der Waals surface area contributed by atoms with Crippen LogP contribution in [0.5, 0.6) is 5.75 Å². The average molecular weight is 293 g/mol. The molecule has 21 heavy (non-hydrogen) atoms. The van der Waals surface area contributed by atoms with Crippen molar-refractivity contribution in [2.45, 2.75) is 38.6 Å². The molecule has 0 radical (unpaired) electrons. The van der Waals surface area contributed by atoms with Crippen molar-refractivity contribution in [3.63, 3.8) is 0 Å². The number of hydrogen-bond acceptors (Lipinski definition) is 4. The van der Waals surface area contributed by atoms with E-state index in [2.05, 4.69) is 5.32 Å². The number of amides is 2. The largest absolute Gasteiger partial charge is 0.493 e. The summed E-state index contributed by atoms with van der Waals surface area (Å²) in [5.74, 6) is 0.123. The molecular weight excluding hydrogens is 270 g/mol. The molecule has 5 N–H and O–H groups in total. The summed E-state index contributed by atoms with van der Waals surface area (Å²) in [6.45, 7) is 2.28. The van der Waals surface area contributed by atoms with Gasteiger partial charge in [-0.3, -0.25) is 9.59 Å². The van der Waals surface area contributed by atoms with Crippen LogP contribution in [0.4, 0.5) is 5.69 Å². The van der Waals surface area contributed by atoms with Crippen LogP contribution < -0.4 is 21.5 Å². The Bertz CT molecular complexity index is 460. The van der Waals surface area contributed by atoms with Gasteiger partial charge in [0.1, 0.15) is 5.75 Å². The monoisotopic (exact) mass is 293 g/mol. The van der Waals surface area contributed by atoms with Gasteiger partial charge in [-0.15, -0.1) is 0 Å². The molecule has 0 aliphatic heterocycles. The Kier molecular flexibility index (Phi) is 7.25. The number of nitrogens with one attached hydrogen (secondary N) is 1. The van der Waals surface area contributed by atoms with Gasteiger partial charge in [-0.1, -0.05) is 13.3 Å². The molecule has 6 nitrogen and oxygen atoms in total. The quantitative estimate of drug-likeness (QED) is 0.639. The van der Waals surface area contributed by atoms with Gasteiger partial charge < -0.3 is 21.5 Å². The van der Waals surface area contributed by atoms with E-state index in [0.29, 0.717) is 17.9 Å². The van der Waals surface area contributed by atoms with Crippen LogP contribution in [0.25, 0.3) is 0 Å². The Morgan fingerprint density at radius 2 is 1.95 bits per heavy atom. The smallest absolute Gasteiger partial charge is 0.225 e. The lowest BCUT2D eigenvalue weighted by atomic mass is 10.1. The Labute approximate surface area is 124 Å². The minimum atomic E-state index is -0.401. The van der Waals surface area contributed by atoms with Gasteiger partial charge in [0.05, 0.1) is 13.0 Å².